The predicted octanol–water partition coefficient (Wildman–Crippen LogP) is 3.67. The van der Waals surface area contributed by atoms with Crippen LogP contribution < -0.4 is 10.6 Å². The van der Waals surface area contributed by atoms with E-state index in [0.29, 0.717) is 29.4 Å². The molecule has 3 aromatic heterocycles. The van der Waals surface area contributed by atoms with Crippen LogP contribution in [0.1, 0.15) is 13.8 Å². The van der Waals surface area contributed by atoms with Crippen molar-refractivity contribution < 1.29 is 9.21 Å². The van der Waals surface area contributed by atoms with Crippen LogP contribution in [0.25, 0.3) is 22.1 Å². The number of para-hydroxylation sites is 2. The van der Waals surface area contributed by atoms with Gasteiger partial charge < -0.3 is 15.1 Å². The normalized spacial score (nSPS) is 11.5. The summed E-state index contributed by atoms with van der Waals surface area (Å²) < 4.78 is 7.43. The first-order valence-corrected chi connectivity index (χ1v) is 12.5. The molecule has 0 aliphatic carbocycles. The molecule has 0 saturated carbocycles. The van der Waals surface area contributed by atoms with Gasteiger partial charge in [-0.15, -0.1) is 0 Å². The van der Waals surface area contributed by atoms with Gasteiger partial charge in [0.05, 0.1) is 23.9 Å². The zero-order chi connectivity index (χ0) is 22.5. The summed E-state index contributed by atoms with van der Waals surface area (Å²) >= 11 is 2.76. The SMILES string of the molecule is CSc1nc(NCC(C)C)c2cnn(CCNC(=O)CSc3nc4ccccc4o3)c2n1. The van der Waals surface area contributed by atoms with Crippen LogP contribution in [0.4, 0.5) is 5.82 Å². The second-order valence-corrected chi connectivity index (χ2v) is 9.22. The maximum Gasteiger partial charge on any atom is 0.257 e. The molecular formula is C21H25N7O2S2. The van der Waals surface area contributed by atoms with Crippen molar-refractivity contribution in [2.75, 3.05) is 30.4 Å². The number of hydrogen-bond acceptors (Lipinski definition) is 9. The highest BCUT2D eigenvalue weighted by atomic mass is 32.2. The molecule has 1 aromatic carbocycles. The molecule has 2 N–H and O–H groups in total. The van der Waals surface area contributed by atoms with E-state index in [1.807, 2.05) is 30.5 Å². The zero-order valence-corrected chi connectivity index (χ0v) is 19.8. The van der Waals surface area contributed by atoms with E-state index in [-0.39, 0.29) is 11.7 Å². The molecule has 0 fully saturated rings. The van der Waals surface area contributed by atoms with E-state index in [4.69, 9.17) is 4.42 Å². The number of rotatable bonds is 10. The number of fused-ring (bicyclic) bond motifs is 2. The number of amides is 1. The molecule has 3 heterocycles. The van der Waals surface area contributed by atoms with Gasteiger partial charge in [-0.2, -0.15) is 5.10 Å². The van der Waals surface area contributed by atoms with Crippen LogP contribution in [0.5, 0.6) is 0 Å². The van der Waals surface area contributed by atoms with E-state index in [1.165, 1.54) is 23.5 Å². The lowest BCUT2D eigenvalue weighted by molar-refractivity contribution is -0.118. The Labute approximate surface area is 194 Å². The van der Waals surface area contributed by atoms with Gasteiger partial charge >= 0.3 is 0 Å². The highest BCUT2D eigenvalue weighted by Gasteiger charge is 2.14. The molecule has 0 bridgehead atoms. The summed E-state index contributed by atoms with van der Waals surface area (Å²) in [5.41, 5.74) is 2.26. The topological polar surface area (TPSA) is 111 Å². The second-order valence-electron chi connectivity index (χ2n) is 7.52. The van der Waals surface area contributed by atoms with Crippen LogP contribution in [-0.2, 0) is 11.3 Å². The minimum absolute atomic E-state index is 0.0903. The van der Waals surface area contributed by atoms with Crippen molar-refractivity contribution in [1.82, 2.24) is 30.0 Å². The molecule has 4 aromatic rings. The van der Waals surface area contributed by atoms with Gasteiger partial charge in [0.1, 0.15) is 11.3 Å². The average molecular weight is 472 g/mol. The highest BCUT2D eigenvalue weighted by Crippen LogP contribution is 2.24. The van der Waals surface area contributed by atoms with Crippen LogP contribution in [-0.4, -0.2) is 55.7 Å². The van der Waals surface area contributed by atoms with Crippen molar-refractivity contribution in [3.05, 3.63) is 30.5 Å². The van der Waals surface area contributed by atoms with E-state index in [0.717, 1.165) is 34.5 Å². The number of oxazole rings is 1. The number of carbonyl (C=O) groups is 1. The van der Waals surface area contributed by atoms with Gasteiger partial charge in [0.2, 0.25) is 5.91 Å². The molecule has 9 nitrogen and oxygen atoms in total. The van der Waals surface area contributed by atoms with Crippen LogP contribution in [0, 0.1) is 5.92 Å². The molecule has 0 aliphatic rings. The molecule has 0 spiro atoms. The Bertz CT molecular complexity index is 1190. The smallest absolute Gasteiger partial charge is 0.257 e. The molecule has 168 valence electrons. The first-order valence-electron chi connectivity index (χ1n) is 10.3. The van der Waals surface area contributed by atoms with Gasteiger partial charge in [-0.05, 0) is 24.3 Å². The third kappa shape index (κ3) is 5.33. The van der Waals surface area contributed by atoms with Gasteiger partial charge in [-0.1, -0.05) is 49.5 Å². The Hall–Kier alpha value is -2.79. The largest absolute Gasteiger partial charge is 0.431 e. The fourth-order valence-corrected chi connectivity index (χ4v) is 4.05. The van der Waals surface area contributed by atoms with Crippen molar-refractivity contribution in [3.8, 4) is 0 Å². The summed E-state index contributed by atoms with van der Waals surface area (Å²) in [7, 11) is 0. The number of nitrogens with one attached hydrogen (secondary N) is 2. The predicted molar refractivity (Wildman–Crippen MR) is 128 cm³/mol. The Morgan fingerprint density at radius 1 is 1.22 bits per heavy atom. The van der Waals surface area contributed by atoms with E-state index >= 15 is 0 Å². The minimum Gasteiger partial charge on any atom is -0.431 e. The Kier molecular flexibility index (Phi) is 7.15. The van der Waals surface area contributed by atoms with Gasteiger partial charge in [0.25, 0.3) is 5.22 Å². The van der Waals surface area contributed by atoms with Crippen molar-refractivity contribution in [1.29, 1.82) is 0 Å². The quantitative estimate of drug-likeness (QED) is 0.264. The summed E-state index contributed by atoms with van der Waals surface area (Å²) in [6, 6.07) is 7.54. The third-order valence-electron chi connectivity index (χ3n) is 4.58. The maximum absolute atomic E-state index is 12.3. The van der Waals surface area contributed by atoms with Crippen LogP contribution in [0.15, 0.2) is 45.3 Å². The molecule has 4 rings (SSSR count). The fraction of sp³-hybridized carbons (Fsp3) is 0.381. The Balaban J connectivity index is 1.34. The van der Waals surface area contributed by atoms with Crippen LogP contribution in [0.3, 0.4) is 0 Å². The summed E-state index contributed by atoms with van der Waals surface area (Å²) in [6.45, 7) is 6.07. The fourth-order valence-electron chi connectivity index (χ4n) is 3.02. The lowest BCUT2D eigenvalue weighted by Crippen LogP contribution is -2.29. The monoisotopic (exact) mass is 471 g/mol. The molecule has 32 heavy (non-hydrogen) atoms. The first kappa shape index (κ1) is 22.4. The molecule has 0 atom stereocenters. The summed E-state index contributed by atoms with van der Waals surface area (Å²) in [6.07, 6.45) is 3.72. The Morgan fingerprint density at radius 3 is 2.84 bits per heavy atom. The van der Waals surface area contributed by atoms with Gasteiger partial charge in [0.15, 0.2) is 16.4 Å². The number of thioether (sulfide) groups is 2. The van der Waals surface area contributed by atoms with E-state index in [9.17, 15) is 4.79 Å². The van der Waals surface area contributed by atoms with Crippen molar-refractivity contribution in [2.24, 2.45) is 5.92 Å². The number of benzene rings is 1. The summed E-state index contributed by atoms with van der Waals surface area (Å²) in [4.78, 5) is 25.8. The molecule has 0 radical (unpaired) electrons. The maximum atomic E-state index is 12.3. The van der Waals surface area contributed by atoms with Crippen LogP contribution in [0.2, 0.25) is 0 Å². The molecule has 0 aliphatic heterocycles. The molecule has 0 unspecified atom stereocenters. The zero-order valence-electron chi connectivity index (χ0n) is 18.2. The first-order chi connectivity index (χ1) is 15.5. The Morgan fingerprint density at radius 2 is 2.06 bits per heavy atom. The second kappa shape index (κ2) is 10.2. The van der Waals surface area contributed by atoms with Crippen molar-refractivity contribution in [2.45, 2.75) is 30.8 Å². The van der Waals surface area contributed by atoms with E-state index < -0.39 is 0 Å². The average Bonchev–Trinajstić information content (AvgIpc) is 3.39. The minimum atomic E-state index is -0.0903. The summed E-state index contributed by atoms with van der Waals surface area (Å²) in [5.74, 6) is 1.43. The van der Waals surface area contributed by atoms with Crippen molar-refractivity contribution >= 4 is 57.4 Å². The molecule has 1 amide bonds. The lowest BCUT2D eigenvalue weighted by Gasteiger charge is -2.10. The van der Waals surface area contributed by atoms with E-state index in [1.54, 1.807) is 10.9 Å². The van der Waals surface area contributed by atoms with Gasteiger partial charge in [-0.25, -0.2) is 19.6 Å². The summed E-state index contributed by atoms with van der Waals surface area (Å²) in [5, 5.41) is 12.8. The number of carbonyl (C=O) groups excluding carboxylic acids is 1. The van der Waals surface area contributed by atoms with Crippen LogP contribution >= 0.6 is 23.5 Å². The van der Waals surface area contributed by atoms with Crippen molar-refractivity contribution in [3.63, 3.8) is 0 Å². The van der Waals surface area contributed by atoms with Gasteiger partial charge in [0, 0.05) is 13.1 Å². The van der Waals surface area contributed by atoms with Gasteiger partial charge in [-0.3, -0.25) is 4.79 Å². The number of nitrogens with zero attached hydrogens (tertiary/aromatic N) is 5. The number of anilines is 1. The molecule has 11 heteroatoms. The lowest BCUT2D eigenvalue weighted by atomic mass is 10.2. The van der Waals surface area contributed by atoms with E-state index in [2.05, 4.69) is 44.5 Å². The molecule has 0 saturated heterocycles. The highest BCUT2D eigenvalue weighted by molar-refractivity contribution is 7.99. The molecular weight excluding hydrogens is 446 g/mol. The number of hydrogen-bond donors (Lipinski definition) is 2. The third-order valence-corrected chi connectivity index (χ3v) is 5.96. The number of aromatic nitrogens is 5. The standard InChI is InChI=1S/C21H25N7O2S2/c1-13(2)10-23-18-14-11-24-28(19(14)27-20(26-18)31-3)9-8-22-17(29)12-32-21-25-15-6-4-5-7-16(15)30-21/h4-7,11,13H,8-10,12H2,1-3H3,(H,22,29)(H,23,26,27).